The minimum Gasteiger partial charge on any atom is -0.469 e. The number of aromatic nitrogens is 2. The largest absolute Gasteiger partial charge is 0.469 e. The standard InChI is InChI=1S/C21H24N6O7/c1-33-17(29)9-8-13-5-2-3-7-15(13)34-21-18(27(31)32)19(24-12-25-21)26-10-4-6-14(26)20(30)23-11-16(22)28/h2-3,5,7,12,14H,4,6,8-11H2,1H3,(H2,22,28)(H,23,30). The molecule has 2 aromatic rings. The van der Waals surface area contributed by atoms with Gasteiger partial charge in [-0.25, -0.2) is 4.98 Å². The highest BCUT2D eigenvalue weighted by molar-refractivity contribution is 5.89. The molecule has 2 amide bonds. The molecule has 13 nitrogen and oxygen atoms in total. The van der Waals surface area contributed by atoms with Crippen molar-refractivity contribution in [2.75, 3.05) is 25.1 Å². The summed E-state index contributed by atoms with van der Waals surface area (Å²) < 4.78 is 10.5. The highest BCUT2D eigenvalue weighted by Gasteiger charge is 2.38. The maximum Gasteiger partial charge on any atom is 0.373 e. The SMILES string of the molecule is COC(=O)CCc1ccccc1Oc1ncnc(N2CCCC2C(=O)NCC(N)=O)c1[N+](=O)[O-]. The summed E-state index contributed by atoms with van der Waals surface area (Å²) in [7, 11) is 1.29. The van der Waals surface area contributed by atoms with Crippen molar-refractivity contribution in [1.82, 2.24) is 15.3 Å². The van der Waals surface area contributed by atoms with E-state index >= 15 is 0 Å². The number of methoxy groups -OCH3 is 1. The van der Waals surface area contributed by atoms with Crippen LogP contribution >= 0.6 is 0 Å². The zero-order valence-corrected chi connectivity index (χ0v) is 18.4. The van der Waals surface area contributed by atoms with E-state index < -0.39 is 34.4 Å². The van der Waals surface area contributed by atoms with Gasteiger partial charge in [0.1, 0.15) is 18.1 Å². The number of carbonyl (C=O) groups excluding carboxylic acids is 3. The molecule has 180 valence electrons. The first-order valence-corrected chi connectivity index (χ1v) is 10.5. The Morgan fingerprint density at radius 2 is 2.06 bits per heavy atom. The van der Waals surface area contributed by atoms with Crippen molar-refractivity contribution in [3.05, 3.63) is 46.3 Å². The van der Waals surface area contributed by atoms with Gasteiger partial charge in [0.2, 0.25) is 17.6 Å². The van der Waals surface area contributed by atoms with Gasteiger partial charge in [0.05, 0.1) is 18.6 Å². The molecule has 0 spiro atoms. The van der Waals surface area contributed by atoms with Crippen molar-refractivity contribution in [3.8, 4) is 11.6 Å². The van der Waals surface area contributed by atoms with Crippen LogP contribution in [0.4, 0.5) is 11.5 Å². The fourth-order valence-corrected chi connectivity index (χ4v) is 3.64. The van der Waals surface area contributed by atoms with Gasteiger partial charge in [-0.2, -0.15) is 4.98 Å². The topological polar surface area (TPSA) is 180 Å². The number of anilines is 1. The third-order valence-electron chi connectivity index (χ3n) is 5.22. The quantitative estimate of drug-likeness (QED) is 0.286. The van der Waals surface area contributed by atoms with Crippen LogP contribution in [0.1, 0.15) is 24.8 Å². The maximum atomic E-state index is 12.5. The number of nitro groups is 1. The molecule has 2 heterocycles. The van der Waals surface area contributed by atoms with Crippen LogP contribution in [0.25, 0.3) is 0 Å². The zero-order chi connectivity index (χ0) is 24.7. The second-order valence-corrected chi connectivity index (χ2v) is 7.43. The molecule has 1 unspecified atom stereocenters. The molecule has 13 heteroatoms. The number of hydrogen-bond acceptors (Lipinski definition) is 10. The lowest BCUT2D eigenvalue weighted by Crippen LogP contribution is -2.46. The summed E-state index contributed by atoms with van der Waals surface area (Å²) in [6, 6.07) is 6.00. The predicted octanol–water partition coefficient (Wildman–Crippen LogP) is 0.853. The fourth-order valence-electron chi connectivity index (χ4n) is 3.64. The van der Waals surface area contributed by atoms with Gasteiger partial charge in [-0.15, -0.1) is 0 Å². The van der Waals surface area contributed by atoms with Crippen molar-refractivity contribution in [2.24, 2.45) is 5.73 Å². The Labute approximate surface area is 194 Å². The number of amides is 2. The molecular formula is C21H24N6O7. The van der Waals surface area contributed by atoms with Crippen LogP contribution in [0.3, 0.4) is 0 Å². The summed E-state index contributed by atoms with van der Waals surface area (Å²) in [6.07, 6.45) is 2.51. The number of carbonyl (C=O) groups is 3. The van der Waals surface area contributed by atoms with E-state index in [1.165, 1.54) is 12.0 Å². The number of primary amides is 1. The van der Waals surface area contributed by atoms with Crippen molar-refractivity contribution in [1.29, 1.82) is 0 Å². The fraction of sp³-hybridized carbons (Fsp3) is 0.381. The van der Waals surface area contributed by atoms with E-state index in [9.17, 15) is 24.5 Å². The average molecular weight is 472 g/mol. The molecule has 1 saturated heterocycles. The highest BCUT2D eigenvalue weighted by atomic mass is 16.6. The van der Waals surface area contributed by atoms with Gasteiger partial charge in [-0.1, -0.05) is 18.2 Å². The number of rotatable bonds is 10. The number of nitrogens with one attached hydrogen (secondary N) is 1. The Bertz CT molecular complexity index is 1090. The second kappa shape index (κ2) is 11.0. The first kappa shape index (κ1) is 24.4. The molecule has 0 radical (unpaired) electrons. The molecule has 1 aromatic carbocycles. The highest BCUT2D eigenvalue weighted by Crippen LogP contribution is 2.39. The Hall–Kier alpha value is -4.29. The van der Waals surface area contributed by atoms with Crippen molar-refractivity contribution < 1.29 is 28.8 Å². The number of nitrogens with zero attached hydrogens (tertiary/aromatic N) is 4. The van der Waals surface area contributed by atoms with Crippen LogP contribution in [-0.2, 0) is 25.5 Å². The van der Waals surface area contributed by atoms with Crippen molar-refractivity contribution in [3.63, 3.8) is 0 Å². The molecule has 1 atom stereocenters. The Morgan fingerprint density at radius 1 is 1.29 bits per heavy atom. The van der Waals surface area contributed by atoms with E-state index in [1.54, 1.807) is 24.3 Å². The summed E-state index contributed by atoms with van der Waals surface area (Å²) >= 11 is 0. The van der Waals surface area contributed by atoms with Crippen LogP contribution in [0, 0.1) is 10.1 Å². The average Bonchev–Trinajstić information content (AvgIpc) is 3.31. The minimum absolute atomic E-state index is 0.0706. The van der Waals surface area contributed by atoms with Crippen molar-refractivity contribution >= 4 is 29.3 Å². The van der Waals surface area contributed by atoms with Crippen LogP contribution in [0.15, 0.2) is 30.6 Å². The van der Waals surface area contributed by atoms with E-state index in [-0.39, 0.29) is 30.4 Å². The first-order valence-electron chi connectivity index (χ1n) is 10.5. The molecule has 0 bridgehead atoms. The van der Waals surface area contributed by atoms with Gasteiger partial charge >= 0.3 is 17.5 Å². The van der Waals surface area contributed by atoms with Gasteiger partial charge in [0.25, 0.3) is 0 Å². The van der Waals surface area contributed by atoms with E-state index in [2.05, 4.69) is 20.0 Å². The van der Waals surface area contributed by atoms with Gasteiger partial charge in [0, 0.05) is 13.0 Å². The summed E-state index contributed by atoms with van der Waals surface area (Å²) in [4.78, 5) is 55.9. The third-order valence-corrected chi connectivity index (χ3v) is 5.22. The lowest BCUT2D eigenvalue weighted by molar-refractivity contribution is -0.385. The maximum absolute atomic E-state index is 12.5. The number of nitrogens with two attached hydrogens (primary N) is 1. The summed E-state index contributed by atoms with van der Waals surface area (Å²) in [5.74, 6) is -1.68. The molecule has 0 saturated carbocycles. The molecule has 1 fully saturated rings. The van der Waals surface area contributed by atoms with E-state index in [4.69, 9.17) is 10.5 Å². The van der Waals surface area contributed by atoms with E-state index in [1.807, 2.05) is 0 Å². The smallest absolute Gasteiger partial charge is 0.373 e. The molecule has 3 N–H and O–H groups in total. The van der Waals surface area contributed by atoms with Gasteiger partial charge in [0.15, 0.2) is 0 Å². The summed E-state index contributed by atoms with van der Waals surface area (Å²) in [5.41, 5.74) is 5.21. The summed E-state index contributed by atoms with van der Waals surface area (Å²) in [6.45, 7) is -0.00652. The van der Waals surface area contributed by atoms with Crippen LogP contribution in [0.2, 0.25) is 0 Å². The number of benzene rings is 1. The molecule has 34 heavy (non-hydrogen) atoms. The van der Waals surface area contributed by atoms with E-state index in [0.717, 1.165) is 6.33 Å². The van der Waals surface area contributed by atoms with Gasteiger partial charge in [-0.3, -0.25) is 24.5 Å². The molecule has 1 aromatic heterocycles. The monoisotopic (exact) mass is 472 g/mol. The lowest BCUT2D eigenvalue weighted by Gasteiger charge is -2.24. The number of aryl methyl sites for hydroxylation is 1. The second-order valence-electron chi connectivity index (χ2n) is 7.43. The molecule has 3 rings (SSSR count). The van der Waals surface area contributed by atoms with Gasteiger partial charge in [-0.05, 0) is 30.9 Å². The molecule has 1 aliphatic heterocycles. The number of para-hydroxylation sites is 1. The predicted molar refractivity (Wildman–Crippen MR) is 118 cm³/mol. The molecule has 0 aliphatic carbocycles. The molecule has 1 aliphatic rings. The van der Waals surface area contributed by atoms with Crippen LogP contribution in [0.5, 0.6) is 11.6 Å². The first-order chi connectivity index (χ1) is 16.3. The van der Waals surface area contributed by atoms with E-state index in [0.29, 0.717) is 31.4 Å². The van der Waals surface area contributed by atoms with Crippen LogP contribution in [-0.4, -0.2) is 58.9 Å². The Balaban J connectivity index is 1.91. The molecular weight excluding hydrogens is 448 g/mol. The van der Waals surface area contributed by atoms with Crippen molar-refractivity contribution in [2.45, 2.75) is 31.7 Å². The zero-order valence-electron chi connectivity index (χ0n) is 18.4. The van der Waals surface area contributed by atoms with Gasteiger partial charge < -0.3 is 25.4 Å². The minimum atomic E-state index is -0.770. The number of ether oxygens (including phenoxy) is 2. The van der Waals surface area contributed by atoms with Crippen LogP contribution < -0.4 is 20.7 Å². The Kier molecular flexibility index (Phi) is 7.90. The lowest BCUT2D eigenvalue weighted by atomic mass is 10.1. The third kappa shape index (κ3) is 5.74. The number of hydrogen-bond donors (Lipinski definition) is 2. The Morgan fingerprint density at radius 3 is 2.76 bits per heavy atom. The number of esters is 1. The summed E-state index contributed by atoms with van der Waals surface area (Å²) in [5, 5.41) is 14.4. The normalized spacial score (nSPS) is 15.0.